The molecule has 1 aromatic rings. The molecular weight excluding hydrogens is 268 g/mol. The standard InChI is InChI=1S/C12H20N2S3/c1-7-4-10(5-15-7)12(14-13)11-6-16-8(2)9(3)17-11/h4-5,8-9,11-12,14H,6,13H2,1-3H3. The van der Waals surface area contributed by atoms with Crippen molar-refractivity contribution in [2.75, 3.05) is 5.75 Å². The summed E-state index contributed by atoms with van der Waals surface area (Å²) in [5.41, 5.74) is 4.35. The topological polar surface area (TPSA) is 38.0 Å². The van der Waals surface area contributed by atoms with E-state index < -0.39 is 0 Å². The Hall–Kier alpha value is 0.320. The molecule has 4 unspecified atom stereocenters. The smallest absolute Gasteiger partial charge is 0.0594 e. The minimum Gasteiger partial charge on any atom is -0.271 e. The van der Waals surface area contributed by atoms with Gasteiger partial charge in [-0.3, -0.25) is 11.3 Å². The summed E-state index contributed by atoms with van der Waals surface area (Å²) in [7, 11) is 0. The van der Waals surface area contributed by atoms with Gasteiger partial charge >= 0.3 is 0 Å². The molecule has 2 nitrogen and oxygen atoms in total. The molecule has 0 aliphatic carbocycles. The van der Waals surface area contributed by atoms with Gasteiger partial charge in [-0.25, -0.2) is 0 Å². The second kappa shape index (κ2) is 5.97. The van der Waals surface area contributed by atoms with Crippen LogP contribution in [-0.4, -0.2) is 21.5 Å². The lowest BCUT2D eigenvalue weighted by Crippen LogP contribution is -2.40. The lowest BCUT2D eigenvalue weighted by molar-refractivity contribution is 0.551. The Bertz CT molecular complexity index is 366. The van der Waals surface area contributed by atoms with Gasteiger partial charge in [-0.15, -0.1) is 11.3 Å². The Morgan fingerprint density at radius 2 is 2.18 bits per heavy atom. The molecule has 4 atom stereocenters. The summed E-state index contributed by atoms with van der Waals surface area (Å²) >= 11 is 5.94. The van der Waals surface area contributed by atoms with Gasteiger partial charge in [0, 0.05) is 26.4 Å². The monoisotopic (exact) mass is 288 g/mol. The summed E-state index contributed by atoms with van der Waals surface area (Å²) in [6, 6.07) is 2.54. The second-order valence-corrected chi connectivity index (χ2v) is 8.70. The van der Waals surface area contributed by atoms with E-state index in [0.29, 0.717) is 10.5 Å². The number of aryl methyl sites for hydroxylation is 1. The minimum absolute atomic E-state index is 0.285. The first-order chi connectivity index (χ1) is 8.11. The maximum Gasteiger partial charge on any atom is 0.0594 e. The quantitative estimate of drug-likeness (QED) is 0.662. The number of hydrazine groups is 1. The molecule has 1 aliphatic rings. The van der Waals surface area contributed by atoms with Crippen molar-refractivity contribution in [3.63, 3.8) is 0 Å². The zero-order valence-electron chi connectivity index (χ0n) is 10.5. The summed E-state index contributed by atoms with van der Waals surface area (Å²) in [5.74, 6) is 6.94. The van der Waals surface area contributed by atoms with Gasteiger partial charge in [0.1, 0.15) is 0 Å². The van der Waals surface area contributed by atoms with Gasteiger partial charge < -0.3 is 0 Å². The third kappa shape index (κ3) is 3.20. The molecule has 0 amide bonds. The Kier molecular flexibility index (Phi) is 4.83. The van der Waals surface area contributed by atoms with E-state index in [-0.39, 0.29) is 6.04 Å². The number of nitrogens with one attached hydrogen (secondary N) is 1. The zero-order chi connectivity index (χ0) is 12.4. The van der Waals surface area contributed by atoms with E-state index in [1.165, 1.54) is 16.2 Å². The molecule has 96 valence electrons. The molecule has 0 aromatic carbocycles. The summed E-state index contributed by atoms with van der Waals surface area (Å²) < 4.78 is 0. The molecule has 1 aliphatic heterocycles. The van der Waals surface area contributed by atoms with E-state index >= 15 is 0 Å². The van der Waals surface area contributed by atoms with Gasteiger partial charge in [-0.1, -0.05) is 13.8 Å². The first kappa shape index (κ1) is 13.7. The Balaban J connectivity index is 2.08. The lowest BCUT2D eigenvalue weighted by atomic mass is 10.1. The summed E-state index contributed by atoms with van der Waals surface area (Å²) in [6.45, 7) is 6.79. The van der Waals surface area contributed by atoms with Crippen molar-refractivity contribution in [2.45, 2.75) is 42.6 Å². The van der Waals surface area contributed by atoms with Gasteiger partial charge in [0.15, 0.2) is 0 Å². The fourth-order valence-electron chi connectivity index (χ4n) is 2.03. The molecule has 2 heterocycles. The molecule has 0 saturated carbocycles. The summed E-state index contributed by atoms with van der Waals surface area (Å²) in [4.78, 5) is 1.36. The molecule has 17 heavy (non-hydrogen) atoms. The summed E-state index contributed by atoms with van der Waals surface area (Å²) in [6.07, 6.45) is 0. The molecule has 1 aromatic heterocycles. The highest BCUT2D eigenvalue weighted by atomic mass is 32.2. The zero-order valence-corrected chi connectivity index (χ0v) is 12.9. The molecule has 0 spiro atoms. The lowest BCUT2D eigenvalue weighted by Gasteiger charge is -2.35. The average Bonchev–Trinajstić information content (AvgIpc) is 2.71. The number of hydrogen-bond acceptors (Lipinski definition) is 5. The van der Waals surface area contributed by atoms with Crippen molar-refractivity contribution in [1.82, 2.24) is 5.43 Å². The molecule has 1 saturated heterocycles. The Labute approximate surface area is 116 Å². The van der Waals surface area contributed by atoms with Crippen LogP contribution in [0.25, 0.3) is 0 Å². The highest BCUT2D eigenvalue weighted by Crippen LogP contribution is 2.41. The fourth-order valence-corrected chi connectivity index (χ4v) is 5.87. The van der Waals surface area contributed by atoms with Crippen LogP contribution in [0.4, 0.5) is 0 Å². The van der Waals surface area contributed by atoms with Crippen LogP contribution >= 0.6 is 34.9 Å². The first-order valence-corrected chi connectivity index (χ1v) is 8.77. The van der Waals surface area contributed by atoms with Crippen LogP contribution in [0.3, 0.4) is 0 Å². The maximum atomic E-state index is 5.76. The van der Waals surface area contributed by atoms with Crippen molar-refractivity contribution in [2.24, 2.45) is 5.84 Å². The maximum absolute atomic E-state index is 5.76. The van der Waals surface area contributed by atoms with Crippen molar-refractivity contribution >= 4 is 34.9 Å². The fraction of sp³-hybridized carbons (Fsp3) is 0.667. The van der Waals surface area contributed by atoms with Crippen LogP contribution in [0.2, 0.25) is 0 Å². The van der Waals surface area contributed by atoms with Crippen molar-refractivity contribution in [3.05, 3.63) is 21.9 Å². The highest BCUT2D eigenvalue weighted by molar-refractivity contribution is 8.07. The molecule has 3 N–H and O–H groups in total. The molecule has 5 heteroatoms. The van der Waals surface area contributed by atoms with Gasteiger partial charge in [0.05, 0.1) is 6.04 Å². The first-order valence-electron chi connectivity index (χ1n) is 5.90. The van der Waals surface area contributed by atoms with Crippen LogP contribution in [-0.2, 0) is 0 Å². The van der Waals surface area contributed by atoms with Crippen LogP contribution < -0.4 is 11.3 Å². The Morgan fingerprint density at radius 3 is 2.71 bits per heavy atom. The van der Waals surface area contributed by atoms with E-state index in [1.807, 2.05) is 0 Å². The third-order valence-corrected chi connectivity index (χ3v) is 7.61. The van der Waals surface area contributed by atoms with Gasteiger partial charge in [0.2, 0.25) is 0 Å². The van der Waals surface area contributed by atoms with Crippen molar-refractivity contribution in [3.8, 4) is 0 Å². The van der Waals surface area contributed by atoms with Gasteiger partial charge in [-0.05, 0) is 23.9 Å². The molecule has 0 bridgehead atoms. The second-order valence-electron chi connectivity index (χ2n) is 4.55. The van der Waals surface area contributed by atoms with Crippen LogP contribution in [0.1, 0.15) is 30.3 Å². The van der Waals surface area contributed by atoms with Gasteiger partial charge in [-0.2, -0.15) is 23.5 Å². The van der Waals surface area contributed by atoms with E-state index in [4.69, 9.17) is 5.84 Å². The van der Waals surface area contributed by atoms with Crippen LogP contribution in [0, 0.1) is 6.92 Å². The molecule has 2 rings (SSSR count). The van der Waals surface area contributed by atoms with Crippen LogP contribution in [0.15, 0.2) is 11.4 Å². The number of thiophene rings is 1. The number of rotatable bonds is 3. The minimum atomic E-state index is 0.285. The largest absolute Gasteiger partial charge is 0.271 e. The van der Waals surface area contributed by atoms with Crippen LogP contribution in [0.5, 0.6) is 0 Å². The average molecular weight is 289 g/mol. The Morgan fingerprint density at radius 1 is 1.41 bits per heavy atom. The van der Waals surface area contributed by atoms with Crippen molar-refractivity contribution < 1.29 is 0 Å². The van der Waals surface area contributed by atoms with Crippen molar-refractivity contribution in [1.29, 1.82) is 0 Å². The number of nitrogens with two attached hydrogens (primary N) is 1. The normalized spacial score (nSPS) is 31.4. The van der Waals surface area contributed by atoms with E-state index in [0.717, 1.165) is 5.25 Å². The van der Waals surface area contributed by atoms with Gasteiger partial charge in [0.25, 0.3) is 0 Å². The number of thioether (sulfide) groups is 2. The number of hydrogen-bond donors (Lipinski definition) is 2. The molecule has 1 fully saturated rings. The third-order valence-electron chi connectivity index (χ3n) is 3.24. The SMILES string of the molecule is Cc1cc(C(NN)C2CSC(C)C(C)S2)cs1. The summed E-state index contributed by atoms with van der Waals surface area (Å²) in [5, 5.41) is 4.26. The predicted molar refractivity (Wildman–Crippen MR) is 81.9 cm³/mol. The molecular formula is C12H20N2S3. The highest BCUT2D eigenvalue weighted by Gasteiger charge is 2.31. The predicted octanol–water partition coefficient (Wildman–Crippen LogP) is 3.19. The molecule has 0 radical (unpaired) electrons. The van der Waals surface area contributed by atoms with E-state index in [9.17, 15) is 0 Å². The van der Waals surface area contributed by atoms with E-state index in [1.54, 1.807) is 11.3 Å². The van der Waals surface area contributed by atoms with E-state index in [2.05, 4.69) is 61.2 Å².